The van der Waals surface area contributed by atoms with Crippen molar-refractivity contribution in [1.29, 1.82) is 0 Å². The summed E-state index contributed by atoms with van der Waals surface area (Å²) in [6.45, 7) is 8.26. The summed E-state index contributed by atoms with van der Waals surface area (Å²) in [5.41, 5.74) is 2.29. The number of hydrogen-bond donors (Lipinski definition) is 0. The summed E-state index contributed by atoms with van der Waals surface area (Å²) in [6.07, 6.45) is 3.04. The van der Waals surface area contributed by atoms with Gasteiger partial charge in [-0.3, -0.25) is 9.78 Å². The molecule has 0 N–H and O–H groups in total. The number of anilines is 2. The molecule has 2 saturated heterocycles. The Kier molecular flexibility index (Phi) is 8.09. The quantitative estimate of drug-likeness (QED) is 0.235. The Morgan fingerprint density at radius 3 is 1.66 bits per heavy atom. The zero-order valence-electron chi connectivity index (χ0n) is 19.1. The van der Waals surface area contributed by atoms with E-state index in [2.05, 4.69) is 28.9 Å². The van der Waals surface area contributed by atoms with Gasteiger partial charge in [0.15, 0.2) is 11.5 Å². The molecule has 2 atom stereocenters. The molecule has 0 saturated carbocycles. The van der Waals surface area contributed by atoms with E-state index in [1.807, 2.05) is 36.4 Å². The standard InChI is InChI=1S/C25H34N2O5/c1-3-4-13-26(16-24-18-29-24)20-5-9-22(10-6-20)31-32-23-11-7-21(8-12-23)27(14-15-28-2)17-25-19-30-25/h5-12,24-25H,3-4,13-19H2,1-2H3. The van der Waals surface area contributed by atoms with Crippen molar-refractivity contribution < 1.29 is 24.0 Å². The molecule has 7 heteroatoms. The molecule has 0 radical (unpaired) electrons. The summed E-state index contributed by atoms with van der Waals surface area (Å²) in [4.78, 5) is 15.7. The number of rotatable bonds is 15. The molecule has 0 aromatic heterocycles. The summed E-state index contributed by atoms with van der Waals surface area (Å²) < 4.78 is 16.0. The van der Waals surface area contributed by atoms with Crippen LogP contribution < -0.4 is 19.6 Å². The molecule has 2 heterocycles. The van der Waals surface area contributed by atoms with Gasteiger partial charge in [-0.25, -0.2) is 0 Å². The molecule has 174 valence electrons. The van der Waals surface area contributed by atoms with E-state index in [0.717, 1.165) is 45.1 Å². The zero-order chi connectivity index (χ0) is 22.2. The minimum Gasteiger partial charge on any atom is -0.383 e. The second-order valence-corrected chi connectivity index (χ2v) is 8.30. The third kappa shape index (κ3) is 7.02. The van der Waals surface area contributed by atoms with Gasteiger partial charge in [0.1, 0.15) is 0 Å². The normalized spacial score (nSPS) is 18.8. The van der Waals surface area contributed by atoms with E-state index < -0.39 is 0 Å². The van der Waals surface area contributed by atoms with Crippen LogP contribution in [0.4, 0.5) is 11.4 Å². The zero-order valence-corrected chi connectivity index (χ0v) is 19.1. The van der Waals surface area contributed by atoms with Crippen molar-refractivity contribution in [2.75, 3.05) is 62.9 Å². The van der Waals surface area contributed by atoms with Gasteiger partial charge >= 0.3 is 0 Å². The van der Waals surface area contributed by atoms with Gasteiger partial charge in [-0.2, -0.15) is 0 Å². The first-order valence-electron chi connectivity index (χ1n) is 11.5. The van der Waals surface area contributed by atoms with Gasteiger partial charge in [-0.05, 0) is 55.0 Å². The summed E-state index contributed by atoms with van der Waals surface area (Å²) >= 11 is 0. The maximum absolute atomic E-state index is 5.54. The average Bonchev–Trinajstić information content (AvgIpc) is 3.75. The summed E-state index contributed by atoms with van der Waals surface area (Å²) in [6, 6.07) is 15.9. The molecule has 2 aliphatic rings. The molecule has 2 aromatic rings. The van der Waals surface area contributed by atoms with Crippen LogP contribution in [0.5, 0.6) is 11.5 Å². The number of unbranched alkanes of at least 4 members (excludes halogenated alkanes) is 1. The highest BCUT2D eigenvalue weighted by Gasteiger charge is 2.26. The topological polar surface area (TPSA) is 59.2 Å². The van der Waals surface area contributed by atoms with Gasteiger partial charge < -0.3 is 24.0 Å². The van der Waals surface area contributed by atoms with Gasteiger partial charge in [-0.1, -0.05) is 13.3 Å². The Balaban J connectivity index is 1.29. The van der Waals surface area contributed by atoms with Crippen LogP contribution in [0.25, 0.3) is 0 Å². The van der Waals surface area contributed by atoms with Crippen molar-refractivity contribution in [3.8, 4) is 11.5 Å². The molecule has 0 spiro atoms. The lowest BCUT2D eigenvalue weighted by Gasteiger charge is -2.24. The highest BCUT2D eigenvalue weighted by atomic mass is 17.2. The Labute approximate surface area is 190 Å². The molecule has 0 bridgehead atoms. The fraction of sp³-hybridized carbons (Fsp3) is 0.520. The lowest BCUT2D eigenvalue weighted by atomic mass is 10.2. The second-order valence-electron chi connectivity index (χ2n) is 8.30. The molecule has 2 unspecified atom stereocenters. The number of benzene rings is 2. The summed E-state index contributed by atoms with van der Waals surface area (Å²) in [7, 11) is 1.72. The van der Waals surface area contributed by atoms with Crippen LogP contribution in [-0.2, 0) is 14.2 Å². The van der Waals surface area contributed by atoms with Crippen LogP contribution in [0, 0.1) is 0 Å². The van der Waals surface area contributed by atoms with Crippen LogP contribution in [0.15, 0.2) is 48.5 Å². The highest BCUT2D eigenvalue weighted by molar-refractivity contribution is 5.50. The fourth-order valence-corrected chi connectivity index (χ4v) is 3.56. The van der Waals surface area contributed by atoms with Crippen LogP contribution >= 0.6 is 0 Å². The molecular weight excluding hydrogens is 408 g/mol. The van der Waals surface area contributed by atoms with Gasteiger partial charge in [0.05, 0.1) is 32.0 Å². The lowest BCUT2D eigenvalue weighted by molar-refractivity contribution is -0.0999. The minimum absolute atomic E-state index is 0.323. The summed E-state index contributed by atoms with van der Waals surface area (Å²) in [5.74, 6) is 1.33. The van der Waals surface area contributed by atoms with Crippen molar-refractivity contribution in [2.45, 2.75) is 32.0 Å². The number of ether oxygens (including phenoxy) is 3. The van der Waals surface area contributed by atoms with E-state index in [1.165, 1.54) is 18.5 Å². The maximum Gasteiger partial charge on any atom is 0.178 e. The van der Waals surface area contributed by atoms with Crippen molar-refractivity contribution in [2.24, 2.45) is 0 Å². The molecule has 2 aromatic carbocycles. The first-order valence-corrected chi connectivity index (χ1v) is 11.5. The van der Waals surface area contributed by atoms with Gasteiger partial charge in [0.2, 0.25) is 0 Å². The number of methoxy groups -OCH3 is 1. The third-order valence-electron chi connectivity index (χ3n) is 5.64. The predicted molar refractivity (Wildman–Crippen MR) is 125 cm³/mol. The van der Waals surface area contributed by atoms with Crippen LogP contribution in [0.2, 0.25) is 0 Å². The molecule has 0 aliphatic carbocycles. The number of epoxide rings is 2. The molecule has 2 aliphatic heterocycles. The van der Waals surface area contributed by atoms with E-state index >= 15 is 0 Å². The maximum atomic E-state index is 5.54. The average molecular weight is 443 g/mol. The largest absolute Gasteiger partial charge is 0.383 e. The van der Waals surface area contributed by atoms with Crippen LogP contribution in [0.1, 0.15) is 19.8 Å². The monoisotopic (exact) mass is 442 g/mol. The predicted octanol–water partition coefficient (Wildman–Crippen LogP) is 3.92. The van der Waals surface area contributed by atoms with Crippen molar-refractivity contribution in [3.05, 3.63) is 48.5 Å². The number of nitrogens with zero attached hydrogens (tertiary/aromatic N) is 2. The second kappa shape index (κ2) is 11.4. The molecule has 2 fully saturated rings. The van der Waals surface area contributed by atoms with E-state index in [4.69, 9.17) is 24.0 Å². The van der Waals surface area contributed by atoms with Gasteiger partial charge in [0, 0.05) is 44.7 Å². The van der Waals surface area contributed by atoms with Gasteiger partial charge in [-0.15, -0.1) is 0 Å². The van der Waals surface area contributed by atoms with Crippen LogP contribution in [-0.4, -0.2) is 65.3 Å². The van der Waals surface area contributed by atoms with E-state index in [1.54, 1.807) is 7.11 Å². The van der Waals surface area contributed by atoms with Gasteiger partial charge in [0.25, 0.3) is 0 Å². The van der Waals surface area contributed by atoms with Crippen molar-refractivity contribution in [3.63, 3.8) is 0 Å². The first kappa shape index (κ1) is 22.7. The summed E-state index contributed by atoms with van der Waals surface area (Å²) in [5, 5.41) is 0. The molecular formula is C25H34N2O5. The Morgan fingerprint density at radius 1 is 0.781 bits per heavy atom. The Hall–Kier alpha value is -2.48. The SMILES string of the molecule is CCCCN(CC1CO1)c1ccc(OOc2ccc(N(CCOC)CC3CO3)cc2)cc1. The first-order chi connectivity index (χ1) is 15.7. The molecule has 4 rings (SSSR count). The smallest absolute Gasteiger partial charge is 0.178 e. The highest BCUT2D eigenvalue weighted by Crippen LogP contribution is 2.25. The van der Waals surface area contributed by atoms with E-state index in [-0.39, 0.29) is 0 Å². The number of hydrogen-bond acceptors (Lipinski definition) is 7. The molecule has 7 nitrogen and oxygen atoms in total. The van der Waals surface area contributed by atoms with E-state index in [9.17, 15) is 0 Å². The molecule has 32 heavy (non-hydrogen) atoms. The minimum atomic E-state index is 0.323. The van der Waals surface area contributed by atoms with Crippen molar-refractivity contribution in [1.82, 2.24) is 0 Å². The molecule has 0 amide bonds. The Bertz CT molecular complexity index is 737. The lowest BCUT2D eigenvalue weighted by Crippen LogP contribution is -2.31. The van der Waals surface area contributed by atoms with E-state index in [0.29, 0.717) is 30.3 Å². The fourth-order valence-electron chi connectivity index (χ4n) is 3.56. The van der Waals surface area contributed by atoms with Crippen LogP contribution in [0.3, 0.4) is 0 Å². The third-order valence-corrected chi connectivity index (χ3v) is 5.64. The van der Waals surface area contributed by atoms with Crippen molar-refractivity contribution >= 4 is 11.4 Å². The Morgan fingerprint density at radius 2 is 1.25 bits per heavy atom.